The minimum Gasteiger partial charge on any atom is -0.493 e. The van der Waals surface area contributed by atoms with Crippen LogP contribution < -0.4 is 24.4 Å². The maximum atomic E-state index is 14.1. The summed E-state index contributed by atoms with van der Waals surface area (Å²) < 4.78 is 22.6. The molecule has 210 valence electrons. The summed E-state index contributed by atoms with van der Waals surface area (Å²) in [6, 6.07) is 14.5. The predicted octanol–water partition coefficient (Wildman–Crippen LogP) is 6.79. The van der Waals surface area contributed by atoms with Gasteiger partial charge in [-0.1, -0.05) is 31.9 Å². The van der Waals surface area contributed by atoms with Crippen LogP contribution in [0.5, 0.6) is 17.2 Å². The lowest BCUT2D eigenvalue weighted by atomic mass is 9.80. The number of para-hydroxylation sites is 2. The van der Waals surface area contributed by atoms with Crippen molar-refractivity contribution in [2.75, 3.05) is 31.5 Å². The van der Waals surface area contributed by atoms with Crippen LogP contribution in [0.3, 0.4) is 0 Å². The Morgan fingerprint density at radius 1 is 1.00 bits per heavy atom. The number of nitrogens with zero attached hydrogens (tertiary/aromatic N) is 1. The van der Waals surface area contributed by atoms with E-state index in [4.69, 9.17) is 18.6 Å². The van der Waals surface area contributed by atoms with Crippen molar-refractivity contribution in [3.8, 4) is 17.2 Å². The molecule has 2 aliphatic rings. The van der Waals surface area contributed by atoms with Crippen LogP contribution in [0.1, 0.15) is 68.7 Å². The van der Waals surface area contributed by atoms with E-state index in [1.165, 1.54) is 0 Å². The van der Waals surface area contributed by atoms with Gasteiger partial charge in [-0.15, -0.1) is 0 Å². The monoisotopic (exact) mass is 544 g/mol. The Labute approximate surface area is 234 Å². The first-order valence-corrected chi connectivity index (χ1v) is 13.8. The Morgan fingerprint density at radius 2 is 1.75 bits per heavy atom. The number of methoxy groups -OCH3 is 3. The molecule has 8 heteroatoms. The molecule has 40 heavy (non-hydrogen) atoms. The van der Waals surface area contributed by atoms with Crippen LogP contribution in [0.15, 0.2) is 70.5 Å². The van der Waals surface area contributed by atoms with Crippen molar-refractivity contribution < 1.29 is 28.2 Å². The van der Waals surface area contributed by atoms with Gasteiger partial charge in [0.2, 0.25) is 11.7 Å². The lowest BCUT2D eigenvalue weighted by Crippen LogP contribution is -2.38. The maximum Gasteiger partial charge on any atom is 0.227 e. The van der Waals surface area contributed by atoms with Crippen LogP contribution in [0.2, 0.25) is 0 Å². The first kappa shape index (κ1) is 27.4. The van der Waals surface area contributed by atoms with E-state index in [0.717, 1.165) is 42.1 Å². The molecule has 0 spiro atoms. The number of amides is 1. The molecule has 5 rings (SSSR count). The van der Waals surface area contributed by atoms with Gasteiger partial charge >= 0.3 is 0 Å². The molecule has 1 amide bonds. The maximum absolute atomic E-state index is 14.1. The lowest BCUT2D eigenvalue weighted by Gasteiger charge is -2.35. The van der Waals surface area contributed by atoms with Crippen LogP contribution in [-0.4, -0.2) is 33.0 Å². The molecule has 1 N–H and O–H groups in total. The van der Waals surface area contributed by atoms with E-state index < -0.39 is 6.04 Å². The van der Waals surface area contributed by atoms with Crippen molar-refractivity contribution >= 4 is 23.1 Å². The number of hydrogen-bond acceptors (Lipinski definition) is 7. The van der Waals surface area contributed by atoms with Crippen LogP contribution in [0, 0.1) is 0 Å². The second kappa shape index (κ2) is 11.9. The van der Waals surface area contributed by atoms with Crippen molar-refractivity contribution in [1.82, 2.24) is 0 Å². The number of allylic oxidation sites excluding steroid dienone is 1. The molecular formula is C32H36N2O6. The molecule has 2 atom stereocenters. The van der Waals surface area contributed by atoms with Crippen molar-refractivity contribution in [2.45, 2.75) is 57.4 Å². The fraction of sp³-hybridized carbons (Fsp3) is 0.375. The molecule has 1 aliphatic carbocycles. The average Bonchev–Trinajstić information content (AvgIpc) is 3.46. The highest BCUT2D eigenvalue weighted by Crippen LogP contribution is 2.50. The lowest BCUT2D eigenvalue weighted by molar-refractivity contribution is -0.119. The SMILES string of the molecule is CCCCCC(=O)N1c2ccccc2NC2=C(C(=O)C[C@@H](c3ccco3)C2)[C@H]1c1cc(OC)c(OC)c(OC)c1. The number of furan rings is 1. The molecule has 0 saturated heterocycles. The van der Waals surface area contributed by atoms with E-state index in [-0.39, 0.29) is 24.0 Å². The fourth-order valence-electron chi connectivity index (χ4n) is 5.81. The Hall–Kier alpha value is -4.20. The van der Waals surface area contributed by atoms with Gasteiger partial charge in [-0.25, -0.2) is 0 Å². The fourth-order valence-corrected chi connectivity index (χ4v) is 5.81. The number of ketones is 1. The van der Waals surface area contributed by atoms with Crippen molar-refractivity contribution in [2.24, 2.45) is 0 Å². The Morgan fingerprint density at radius 3 is 2.40 bits per heavy atom. The molecule has 0 saturated carbocycles. The largest absolute Gasteiger partial charge is 0.493 e. The summed E-state index contributed by atoms with van der Waals surface area (Å²) in [4.78, 5) is 30.0. The molecule has 0 bridgehead atoms. The van der Waals surface area contributed by atoms with Crippen LogP contribution >= 0.6 is 0 Å². The van der Waals surface area contributed by atoms with E-state index >= 15 is 0 Å². The zero-order chi connectivity index (χ0) is 28.2. The molecule has 1 aromatic heterocycles. The molecule has 0 fully saturated rings. The number of fused-ring (bicyclic) bond motifs is 1. The van der Waals surface area contributed by atoms with Gasteiger partial charge in [-0.3, -0.25) is 14.5 Å². The first-order valence-electron chi connectivity index (χ1n) is 13.8. The Balaban J connectivity index is 1.74. The first-order chi connectivity index (χ1) is 19.5. The standard InChI is InChI=1S/C32H36N2O6/c1-5-6-7-14-29(36)34-24-12-9-8-11-22(24)33-23-16-20(26-13-10-15-40-26)17-25(35)30(23)31(34)21-18-27(37-2)32(39-4)28(19-21)38-3/h8-13,15,18-20,31,33H,5-7,14,16-17H2,1-4H3/t20-,31+/m0/s1. The molecule has 3 aromatic rings. The van der Waals surface area contributed by atoms with Crippen LogP contribution in [0.4, 0.5) is 11.4 Å². The Kier molecular flexibility index (Phi) is 8.14. The van der Waals surface area contributed by atoms with E-state index in [2.05, 4.69) is 12.2 Å². The van der Waals surface area contributed by atoms with Gasteiger partial charge in [0, 0.05) is 30.0 Å². The highest BCUT2D eigenvalue weighted by atomic mass is 16.5. The number of ether oxygens (including phenoxy) is 3. The van der Waals surface area contributed by atoms with E-state index in [9.17, 15) is 9.59 Å². The second-order valence-electron chi connectivity index (χ2n) is 10.2. The molecule has 0 unspecified atom stereocenters. The average molecular weight is 545 g/mol. The summed E-state index contributed by atoms with van der Waals surface area (Å²) in [7, 11) is 4.67. The zero-order valence-corrected chi connectivity index (χ0v) is 23.5. The molecule has 1 aliphatic heterocycles. The minimum atomic E-state index is -0.695. The van der Waals surface area contributed by atoms with E-state index in [1.807, 2.05) is 48.5 Å². The summed E-state index contributed by atoms with van der Waals surface area (Å²) in [6.07, 6.45) is 5.58. The molecule has 8 nitrogen and oxygen atoms in total. The number of carbonyl (C=O) groups excluding carboxylic acids is 2. The van der Waals surface area contributed by atoms with Gasteiger partial charge in [0.15, 0.2) is 17.3 Å². The van der Waals surface area contributed by atoms with Gasteiger partial charge in [0.25, 0.3) is 0 Å². The summed E-state index contributed by atoms with van der Waals surface area (Å²) in [5, 5.41) is 3.55. The summed E-state index contributed by atoms with van der Waals surface area (Å²) in [6.45, 7) is 2.11. The molecule has 2 aromatic carbocycles. The second-order valence-corrected chi connectivity index (χ2v) is 10.2. The predicted molar refractivity (Wildman–Crippen MR) is 153 cm³/mol. The number of rotatable bonds is 9. The highest BCUT2D eigenvalue weighted by molar-refractivity contribution is 6.06. The molecule has 0 radical (unpaired) electrons. The minimum absolute atomic E-state index is 0.0342. The number of unbranched alkanes of at least 4 members (excludes halogenated alkanes) is 2. The topological polar surface area (TPSA) is 90.2 Å². The van der Waals surface area contributed by atoms with Crippen molar-refractivity contribution in [3.05, 3.63) is 77.4 Å². The number of anilines is 2. The third-order valence-electron chi connectivity index (χ3n) is 7.70. The van der Waals surface area contributed by atoms with Gasteiger partial charge in [-0.2, -0.15) is 0 Å². The number of hydrogen-bond donors (Lipinski definition) is 1. The van der Waals surface area contributed by atoms with Crippen LogP contribution in [0.25, 0.3) is 0 Å². The Bertz CT molecular complexity index is 1390. The third-order valence-corrected chi connectivity index (χ3v) is 7.70. The summed E-state index contributed by atoms with van der Waals surface area (Å²) in [5.74, 6) is 1.96. The van der Waals surface area contributed by atoms with Gasteiger partial charge < -0.3 is 23.9 Å². The number of Topliss-reactive ketones (excluding diaryl/α,β-unsaturated/α-hetero) is 1. The summed E-state index contributed by atoms with van der Waals surface area (Å²) in [5.41, 5.74) is 3.56. The quantitative estimate of drug-likeness (QED) is 0.297. The number of carbonyl (C=O) groups is 2. The van der Waals surface area contributed by atoms with Gasteiger partial charge in [0.1, 0.15) is 5.76 Å². The smallest absolute Gasteiger partial charge is 0.227 e. The normalized spacial score (nSPS) is 18.4. The van der Waals surface area contributed by atoms with E-state index in [0.29, 0.717) is 41.2 Å². The molecule has 2 heterocycles. The third kappa shape index (κ3) is 5.06. The van der Waals surface area contributed by atoms with Crippen molar-refractivity contribution in [1.29, 1.82) is 0 Å². The van der Waals surface area contributed by atoms with Crippen LogP contribution in [-0.2, 0) is 9.59 Å². The highest BCUT2D eigenvalue weighted by Gasteiger charge is 2.42. The summed E-state index contributed by atoms with van der Waals surface area (Å²) >= 11 is 0. The number of benzene rings is 2. The van der Waals surface area contributed by atoms with Gasteiger partial charge in [-0.05, 0) is 54.8 Å². The number of nitrogens with one attached hydrogen (secondary N) is 1. The van der Waals surface area contributed by atoms with Crippen molar-refractivity contribution in [3.63, 3.8) is 0 Å². The molecular weight excluding hydrogens is 508 g/mol. The van der Waals surface area contributed by atoms with E-state index in [1.54, 1.807) is 32.5 Å². The zero-order valence-electron chi connectivity index (χ0n) is 23.5. The van der Waals surface area contributed by atoms with Gasteiger partial charge in [0.05, 0.1) is 45.0 Å².